The number of rotatable bonds is 2. The van der Waals surface area contributed by atoms with Gasteiger partial charge in [0.1, 0.15) is 0 Å². The number of carbonyl (C=O) groups is 1. The van der Waals surface area contributed by atoms with Crippen molar-refractivity contribution in [1.82, 2.24) is 5.43 Å². The summed E-state index contributed by atoms with van der Waals surface area (Å²) in [5.74, 6) is -0.308. The lowest BCUT2D eigenvalue weighted by Crippen LogP contribution is -2.17. The molecule has 60 valence electrons. The van der Waals surface area contributed by atoms with E-state index < -0.39 is 0 Å². The van der Waals surface area contributed by atoms with Gasteiger partial charge in [0.05, 0.1) is 24.9 Å². The highest BCUT2D eigenvalue weighted by Gasteiger charge is 2.08. The topological polar surface area (TPSA) is 50.7 Å². The van der Waals surface area contributed by atoms with Gasteiger partial charge in [-0.05, 0) is 13.0 Å². The van der Waals surface area contributed by atoms with E-state index in [-0.39, 0.29) is 5.97 Å². The first-order chi connectivity index (χ1) is 5.34. The quantitative estimate of drug-likeness (QED) is 0.572. The molecule has 1 heterocycles. The molecule has 0 aromatic rings. The molecule has 0 aromatic carbocycles. The lowest BCUT2D eigenvalue weighted by molar-refractivity contribution is -0.137. The molecule has 0 saturated heterocycles. The van der Waals surface area contributed by atoms with Gasteiger partial charge in [0.15, 0.2) is 0 Å². The van der Waals surface area contributed by atoms with Crippen LogP contribution in [0.3, 0.4) is 0 Å². The van der Waals surface area contributed by atoms with E-state index in [1.807, 2.05) is 0 Å². The molecule has 0 spiro atoms. The number of hydrogen-bond donors (Lipinski definition) is 1. The molecule has 1 rings (SSSR count). The fraction of sp³-hybridized carbons (Fsp3) is 0.429. The Bertz CT molecular complexity index is 208. The van der Waals surface area contributed by atoms with Crippen LogP contribution in [-0.2, 0) is 9.53 Å². The van der Waals surface area contributed by atoms with Crippen LogP contribution in [0.2, 0.25) is 0 Å². The van der Waals surface area contributed by atoms with Crippen molar-refractivity contribution in [3.63, 3.8) is 0 Å². The van der Waals surface area contributed by atoms with Crippen LogP contribution in [0.4, 0.5) is 0 Å². The Kier molecular flexibility index (Phi) is 2.66. The number of carbonyl (C=O) groups excluding carboxylic acids is 1. The fourth-order valence-corrected chi connectivity index (χ4v) is 0.727. The minimum Gasteiger partial charge on any atom is -0.462 e. The Morgan fingerprint density at radius 3 is 3.27 bits per heavy atom. The summed E-state index contributed by atoms with van der Waals surface area (Å²) in [5.41, 5.74) is 3.22. The van der Waals surface area contributed by atoms with Crippen molar-refractivity contribution < 1.29 is 9.53 Å². The van der Waals surface area contributed by atoms with E-state index in [9.17, 15) is 4.79 Å². The van der Waals surface area contributed by atoms with Gasteiger partial charge in [-0.1, -0.05) is 0 Å². The number of nitrogens with zero attached hydrogens (tertiary/aromatic N) is 1. The van der Waals surface area contributed by atoms with Crippen molar-refractivity contribution in [3.05, 3.63) is 11.6 Å². The highest BCUT2D eigenvalue weighted by Crippen LogP contribution is 1.96. The first-order valence-electron chi connectivity index (χ1n) is 3.47. The molecule has 0 radical (unpaired) electrons. The van der Waals surface area contributed by atoms with Gasteiger partial charge in [0.25, 0.3) is 0 Å². The first kappa shape index (κ1) is 7.78. The minimum absolute atomic E-state index is 0.308. The third-order valence-corrected chi connectivity index (χ3v) is 1.22. The number of hydrogen-bond acceptors (Lipinski definition) is 4. The maximum atomic E-state index is 11.0. The second-order valence-electron chi connectivity index (χ2n) is 2.00. The maximum Gasteiger partial charge on any atom is 0.339 e. The Balaban J connectivity index is 2.52. The van der Waals surface area contributed by atoms with Crippen LogP contribution < -0.4 is 5.43 Å². The van der Waals surface area contributed by atoms with Crippen molar-refractivity contribution in [2.75, 3.05) is 13.2 Å². The first-order valence-corrected chi connectivity index (χ1v) is 3.47. The van der Waals surface area contributed by atoms with Gasteiger partial charge >= 0.3 is 5.97 Å². The number of esters is 1. The van der Waals surface area contributed by atoms with E-state index in [1.165, 1.54) is 6.21 Å². The lowest BCUT2D eigenvalue weighted by atomic mass is 10.2. The predicted octanol–water partition coefficient (Wildman–Crippen LogP) is 0.0649. The summed E-state index contributed by atoms with van der Waals surface area (Å²) in [4.78, 5) is 11.0. The average Bonchev–Trinajstić information content (AvgIpc) is 2.07. The van der Waals surface area contributed by atoms with E-state index in [2.05, 4.69) is 10.5 Å². The van der Waals surface area contributed by atoms with Crippen LogP contribution in [-0.4, -0.2) is 25.3 Å². The van der Waals surface area contributed by atoms with Gasteiger partial charge in [-0.2, -0.15) is 5.10 Å². The SMILES string of the molecule is CCOC(=O)C1=CCNN=C1. The largest absolute Gasteiger partial charge is 0.462 e. The van der Waals surface area contributed by atoms with E-state index >= 15 is 0 Å². The molecule has 4 heteroatoms. The van der Waals surface area contributed by atoms with Crippen molar-refractivity contribution >= 4 is 12.2 Å². The van der Waals surface area contributed by atoms with Crippen molar-refractivity contribution in [3.8, 4) is 0 Å². The summed E-state index contributed by atoms with van der Waals surface area (Å²) >= 11 is 0. The van der Waals surface area contributed by atoms with Gasteiger partial charge in [0.2, 0.25) is 0 Å². The summed E-state index contributed by atoms with van der Waals surface area (Å²) < 4.78 is 4.76. The van der Waals surface area contributed by atoms with Gasteiger partial charge in [-0.25, -0.2) is 4.79 Å². The molecular weight excluding hydrogens is 144 g/mol. The highest BCUT2D eigenvalue weighted by molar-refractivity contribution is 6.09. The average molecular weight is 154 g/mol. The van der Waals surface area contributed by atoms with E-state index in [0.717, 1.165) is 0 Å². The monoisotopic (exact) mass is 154 g/mol. The van der Waals surface area contributed by atoms with Gasteiger partial charge < -0.3 is 10.2 Å². The standard InChI is InChI=1S/C7H10N2O2/c1-2-11-7(10)6-3-4-8-9-5-6/h3,5,8H,2,4H2,1H3. The Hall–Kier alpha value is -1.32. The number of ether oxygens (including phenoxy) is 1. The summed E-state index contributed by atoms with van der Waals surface area (Å²) in [7, 11) is 0. The molecule has 1 aliphatic rings. The maximum absolute atomic E-state index is 11.0. The summed E-state index contributed by atoms with van der Waals surface area (Å²) in [6.07, 6.45) is 3.20. The summed E-state index contributed by atoms with van der Waals surface area (Å²) in [6.45, 7) is 2.76. The molecule has 0 atom stereocenters. The zero-order valence-electron chi connectivity index (χ0n) is 6.33. The van der Waals surface area contributed by atoms with E-state index in [0.29, 0.717) is 18.7 Å². The van der Waals surface area contributed by atoms with Crippen molar-refractivity contribution in [2.45, 2.75) is 6.92 Å². The minimum atomic E-state index is -0.308. The number of hydrazone groups is 1. The second-order valence-corrected chi connectivity index (χ2v) is 2.00. The van der Waals surface area contributed by atoms with Crippen molar-refractivity contribution in [2.24, 2.45) is 5.10 Å². The zero-order chi connectivity index (χ0) is 8.10. The molecule has 0 saturated carbocycles. The van der Waals surface area contributed by atoms with Crippen LogP contribution >= 0.6 is 0 Å². The molecular formula is C7H10N2O2. The Morgan fingerprint density at radius 1 is 1.91 bits per heavy atom. The predicted molar refractivity (Wildman–Crippen MR) is 41.2 cm³/mol. The highest BCUT2D eigenvalue weighted by atomic mass is 16.5. The van der Waals surface area contributed by atoms with Crippen LogP contribution in [0.1, 0.15) is 6.92 Å². The Labute approximate surface area is 64.9 Å². The van der Waals surface area contributed by atoms with Crippen molar-refractivity contribution in [1.29, 1.82) is 0 Å². The third-order valence-electron chi connectivity index (χ3n) is 1.22. The fourth-order valence-electron chi connectivity index (χ4n) is 0.727. The lowest BCUT2D eigenvalue weighted by Gasteiger charge is -2.05. The molecule has 1 N–H and O–H groups in total. The second kappa shape index (κ2) is 3.75. The molecule has 0 bridgehead atoms. The zero-order valence-corrected chi connectivity index (χ0v) is 6.33. The Morgan fingerprint density at radius 2 is 2.73 bits per heavy atom. The third kappa shape index (κ3) is 2.07. The molecule has 1 aliphatic heterocycles. The molecule has 0 amide bonds. The van der Waals surface area contributed by atoms with Gasteiger partial charge in [-0.3, -0.25) is 0 Å². The number of nitrogens with one attached hydrogen (secondary N) is 1. The van der Waals surface area contributed by atoms with Crippen LogP contribution in [0.5, 0.6) is 0 Å². The molecule has 11 heavy (non-hydrogen) atoms. The van der Waals surface area contributed by atoms with Crippen LogP contribution in [0.25, 0.3) is 0 Å². The summed E-state index contributed by atoms with van der Waals surface area (Å²) in [5, 5.41) is 3.72. The van der Waals surface area contributed by atoms with E-state index in [1.54, 1.807) is 13.0 Å². The van der Waals surface area contributed by atoms with Gasteiger partial charge in [-0.15, -0.1) is 0 Å². The molecule has 0 fully saturated rings. The normalized spacial score (nSPS) is 15.2. The molecule has 0 aromatic heterocycles. The summed E-state index contributed by atoms with van der Waals surface area (Å²) in [6, 6.07) is 0. The van der Waals surface area contributed by atoms with Crippen LogP contribution in [0, 0.1) is 0 Å². The molecule has 0 aliphatic carbocycles. The van der Waals surface area contributed by atoms with Crippen LogP contribution in [0.15, 0.2) is 16.8 Å². The smallest absolute Gasteiger partial charge is 0.339 e. The molecule has 4 nitrogen and oxygen atoms in total. The molecule has 0 unspecified atom stereocenters. The van der Waals surface area contributed by atoms with Gasteiger partial charge in [0, 0.05) is 0 Å². The van der Waals surface area contributed by atoms with E-state index in [4.69, 9.17) is 4.74 Å².